The zero-order chi connectivity index (χ0) is 13.4. The monoisotopic (exact) mass is 407 g/mol. The first-order chi connectivity index (χ1) is 9.13. The summed E-state index contributed by atoms with van der Waals surface area (Å²) < 4.78 is 15.1. The second kappa shape index (κ2) is 5.58. The van der Waals surface area contributed by atoms with Gasteiger partial charge in [-0.15, -0.1) is 11.3 Å². The molecule has 5 heteroatoms. The molecule has 0 saturated heterocycles. The van der Waals surface area contributed by atoms with Crippen LogP contribution in [-0.2, 0) is 6.42 Å². The van der Waals surface area contributed by atoms with E-state index in [1.54, 1.807) is 12.1 Å². The van der Waals surface area contributed by atoms with Crippen molar-refractivity contribution < 1.29 is 4.39 Å². The van der Waals surface area contributed by atoms with Gasteiger partial charge in [0.2, 0.25) is 0 Å². The Morgan fingerprint density at radius 1 is 1.37 bits per heavy atom. The van der Waals surface area contributed by atoms with Crippen LogP contribution in [0.2, 0.25) is 5.02 Å². The molecule has 1 heterocycles. The molecule has 19 heavy (non-hydrogen) atoms. The number of thiophene rings is 1. The first kappa shape index (κ1) is 13.6. The second-order valence-electron chi connectivity index (χ2n) is 4.64. The Kier molecular flexibility index (Phi) is 4.01. The maximum Gasteiger partial charge on any atom is 0.147 e. The Balaban J connectivity index is 1.88. The second-order valence-corrected chi connectivity index (χ2v) is 8.11. The highest BCUT2D eigenvalue weighted by Gasteiger charge is 2.23. The van der Waals surface area contributed by atoms with Crippen LogP contribution in [0, 0.1) is 8.70 Å². The van der Waals surface area contributed by atoms with Gasteiger partial charge < -0.3 is 5.32 Å². The lowest BCUT2D eigenvalue weighted by Crippen LogP contribution is -2.16. The van der Waals surface area contributed by atoms with Crippen molar-refractivity contribution in [1.82, 2.24) is 0 Å². The summed E-state index contributed by atoms with van der Waals surface area (Å²) in [5.74, 6) is -0.287. The van der Waals surface area contributed by atoms with Crippen molar-refractivity contribution in [2.75, 3.05) is 5.32 Å². The molecule has 0 aliphatic heterocycles. The molecule has 1 aromatic heterocycles. The van der Waals surface area contributed by atoms with Crippen molar-refractivity contribution in [3.63, 3.8) is 0 Å². The number of rotatable bonds is 2. The summed E-state index contributed by atoms with van der Waals surface area (Å²) in [6.07, 6.45) is 3.34. The molecule has 0 radical (unpaired) electrons. The van der Waals surface area contributed by atoms with Gasteiger partial charge in [0.1, 0.15) is 5.82 Å². The minimum atomic E-state index is -0.287. The highest BCUT2D eigenvalue weighted by Crippen LogP contribution is 2.38. The van der Waals surface area contributed by atoms with Crippen molar-refractivity contribution in [2.45, 2.75) is 25.3 Å². The van der Waals surface area contributed by atoms with Crippen LogP contribution >= 0.6 is 45.5 Å². The standard InChI is InChI=1S/C14H12ClFINS/c15-8-4-5-12(10(16)6-8)18-11-2-1-3-13-9(11)7-14(17)19-13/h4-7,11,18H,1-3H2. The van der Waals surface area contributed by atoms with E-state index in [9.17, 15) is 4.39 Å². The normalized spacial score (nSPS) is 18.2. The van der Waals surface area contributed by atoms with E-state index < -0.39 is 0 Å². The summed E-state index contributed by atoms with van der Waals surface area (Å²) in [5.41, 5.74) is 1.86. The van der Waals surface area contributed by atoms with E-state index in [4.69, 9.17) is 11.6 Å². The van der Waals surface area contributed by atoms with E-state index in [-0.39, 0.29) is 11.9 Å². The summed E-state index contributed by atoms with van der Waals surface area (Å²) in [6.45, 7) is 0. The van der Waals surface area contributed by atoms with Crippen molar-refractivity contribution in [3.05, 3.63) is 48.4 Å². The van der Waals surface area contributed by atoms with Crippen LogP contribution in [0.15, 0.2) is 24.3 Å². The van der Waals surface area contributed by atoms with Gasteiger partial charge in [-0.2, -0.15) is 0 Å². The van der Waals surface area contributed by atoms with Crippen LogP contribution in [0.5, 0.6) is 0 Å². The van der Waals surface area contributed by atoms with Gasteiger partial charge >= 0.3 is 0 Å². The van der Waals surface area contributed by atoms with Crippen molar-refractivity contribution in [2.24, 2.45) is 0 Å². The third-order valence-electron chi connectivity index (χ3n) is 3.34. The van der Waals surface area contributed by atoms with Gasteiger partial charge in [0.05, 0.1) is 14.6 Å². The van der Waals surface area contributed by atoms with Gasteiger partial charge in [0, 0.05) is 9.90 Å². The minimum Gasteiger partial charge on any atom is -0.376 e. The van der Waals surface area contributed by atoms with E-state index in [1.807, 2.05) is 11.3 Å². The SMILES string of the molecule is Fc1cc(Cl)ccc1NC1CCCc2sc(I)cc21. The Labute approximate surface area is 134 Å². The van der Waals surface area contributed by atoms with E-state index in [2.05, 4.69) is 34.0 Å². The zero-order valence-electron chi connectivity index (χ0n) is 10.1. The van der Waals surface area contributed by atoms with Crippen LogP contribution in [0.4, 0.5) is 10.1 Å². The first-order valence-electron chi connectivity index (χ1n) is 6.13. The molecule has 1 nitrogen and oxygen atoms in total. The molecule has 1 aliphatic rings. The Bertz CT molecular complexity index is 613. The molecule has 0 fully saturated rings. The number of aryl methyl sites for hydroxylation is 1. The zero-order valence-corrected chi connectivity index (χ0v) is 13.8. The molecule has 0 saturated carbocycles. The Morgan fingerprint density at radius 2 is 2.21 bits per heavy atom. The highest BCUT2D eigenvalue weighted by atomic mass is 127. The smallest absolute Gasteiger partial charge is 0.147 e. The van der Waals surface area contributed by atoms with Crippen LogP contribution in [0.25, 0.3) is 0 Å². The van der Waals surface area contributed by atoms with Gasteiger partial charge in [-0.25, -0.2) is 4.39 Å². The lowest BCUT2D eigenvalue weighted by molar-refractivity contribution is 0.592. The molecule has 3 rings (SSSR count). The van der Waals surface area contributed by atoms with Crippen LogP contribution in [0.3, 0.4) is 0 Å². The fourth-order valence-corrected chi connectivity index (χ4v) is 4.74. The maximum atomic E-state index is 13.8. The number of anilines is 1. The van der Waals surface area contributed by atoms with E-state index >= 15 is 0 Å². The average molecular weight is 408 g/mol. The number of nitrogens with one attached hydrogen (secondary N) is 1. The molecular formula is C14H12ClFINS. The van der Waals surface area contributed by atoms with Crippen molar-refractivity contribution >= 4 is 51.2 Å². The number of fused-ring (bicyclic) bond motifs is 1. The molecule has 1 aromatic carbocycles. The molecule has 1 atom stereocenters. The predicted octanol–water partition coefficient (Wildman–Crippen LogP) is 5.63. The lowest BCUT2D eigenvalue weighted by atomic mass is 9.94. The Hall–Kier alpha value is -0.330. The van der Waals surface area contributed by atoms with Crippen molar-refractivity contribution in [3.8, 4) is 0 Å². The lowest BCUT2D eigenvalue weighted by Gasteiger charge is -2.24. The molecule has 1 unspecified atom stereocenters. The first-order valence-corrected chi connectivity index (χ1v) is 8.40. The molecular weight excluding hydrogens is 396 g/mol. The van der Waals surface area contributed by atoms with E-state index in [1.165, 1.54) is 19.4 Å². The predicted molar refractivity (Wildman–Crippen MR) is 87.7 cm³/mol. The van der Waals surface area contributed by atoms with Gasteiger partial charge in [-0.3, -0.25) is 0 Å². The van der Waals surface area contributed by atoms with Crippen LogP contribution in [0.1, 0.15) is 29.3 Å². The van der Waals surface area contributed by atoms with Gasteiger partial charge in [-0.1, -0.05) is 11.6 Å². The minimum absolute atomic E-state index is 0.208. The largest absolute Gasteiger partial charge is 0.376 e. The van der Waals surface area contributed by atoms with Crippen LogP contribution < -0.4 is 5.32 Å². The summed E-state index contributed by atoms with van der Waals surface area (Å²) >= 11 is 9.97. The molecule has 0 bridgehead atoms. The third kappa shape index (κ3) is 2.90. The third-order valence-corrected chi connectivity index (χ3v) is 5.55. The molecule has 2 aromatic rings. The van der Waals surface area contributed by atoms with E-state index in [0.29, 0.717) is 10.7 Å². The Morgan fingerprint density at radius 3 is 3.00 bits per heavy atom. The molecule has 0 amide bonds. The fraction of sp³-hybridized carbons (Fsp3) is 0.286. The summed E-state index contributed by atoms with van der Waals surface area (Å²) in [5, 5.41) is 3.74. The molecule has 1 aliphatic carbocycles. The fourth-order valence-electron chi connectivity index (χ4n) is 2.47. The van der Waals surface area contributed by atoms with Gasteiger partial charge in [0.15, 0.2) is 0 Å². The molecule has 0 spiro atoms. The summed E-state index contributed by atoms with van der Waals surface area (Å²) in [4.78, 5) is 1.43. The number of benzene rings is 1. The highest BCUT2D eigenvalue weighted by molar-refractivity contribution is 14.1. The molecule has 100 valence electrons. The number of hydrogen-bond donors (Lipinski definition) is 1. The van der Waals surface area contributed by atoms with Gasteiger partial charge in [-0.05, 0) is 71.7 Å². The summed E-state index contributed by atoms with van der Waals surface area (Å²) in [6, 6.07) is 7.20. The van der Waals surface area contributed by atoms with Gasteiger partial charge in [0.25, 0.3) is 0 Å². The summed E-state index contributed by atoms with van der Waals surface area (Å²) in [7, 11) is 0. The van der Waals surface area contributed by atoms with Crippen molar-refractivity contribution in [1.29, 1.82) is 0 Å². The quantitative estimate of drug-likeness (QED) is 0.636. The average Bonchev–Trinajstić information content (AvgIpc) is 2.74. The topological polar surface area (TPSA) is 12.0 Å². The molecule has 1 N–H and O–H groups in total. The maximum absolute atomic E-state index is 13.8. The number of hydrogen-bond acceptors (Lipinski definition) is 2. The van der Waals surface area contributed by atoms with Crippen LogP contribution in [-0.4, -0.2) is 0 Å². The number of halogens is 3. The van der Waals surface area contributed by atoms with E-state index in [0.717, 1.165) is 19.3 Å².